The normalized spacial score (nSPS) is 10.9. The molecule has 0 saturated heterocycles. The number of nitrogens with zero attached hydrogens (tertiary/aromatic N) is 4. The monoisotopic (exact) mass is 431 g/mol. The van der Waals surface area contributed by atoms with Crippen molar-refractivity contribution in [3.05, 3.63) is 32.7 Å². The van der Waals surface area contributed by atoms with Crippen LogP contribution in [-0.4, -0.2) is 32.0 Å². The van der Waals surface area contributed by atoms with Crippen LogP contribution in [0, 0.1) is 13.8 Å². The first-order valence-corrected chi connectivity index (χ1v) is 8.70. The van der Waals surface area contributed by atoms with E-state index >= 15 is 0 Å². The lowest BCUT2D eigenvalue weighted by Gasteiger charge is -2.07. The fourth-order valence-corrected chi connectivity index (χ4v) is 2.63. The van der Waals surface area contributed by atoms with E-state index in [1.807, 2.05) is 29.4 Å². The van der Waals surface area contributed by atoms with Crippen molar-refractivity contribution >= 4 is 37.8 Å². The summed E-state index contributed by atoms with van der Waals surface area (Å²) >= 11 is 6.84. The maximum absolute atomic E-state index is 11.8. The second kappa shape index (κ2) is 7.92. The van der Waals surface area contributed by atoms with E-state index in [1.54, 1.807) is 6.20 Å². The number of nitrogens with one attached hydrogen (secondary N) is 1. The minimum atomic E-state index is 0.0452. The van der Waals surface area contributed by atoms with Gasteiger partial charge in [0.1, 0.15) is 0 Å². The van der Waals surface area contributed by atoms with Crippen LogP contribution >= 0.6 is 31.9 Å². The molecule has 120 valence electrons. The van der Waals surface area contributed by atoms with Crippen molar-refractivity contribution in [3.8, 4) is 0 Å². The van der Waals surface area contributed by atoms with Gasteiger partial charge < -0.3 is 5.32 Å². The molecule has 0 aliphatic carbocycles. The molecule has 2 aromatic heterocycles. The lowest BCUT2D eigenvalue weighted by molar-refractivity contribution is -0.121. The van der Waals surface area contributed by atoms with Gasteiger partial charge in [0.25, 0.3) is 0 Å². The van der Waals surface area contributed by atoms with Gasteiger partial charge in [0, 0.05) is 37.9 Å². The van der Waals surface area contributed by atoms with E-state index in [4.69, 9.17) is 0 Å². The average Bonchev–Trinajstić information content (AvgIpc) is 2.97. The molecule has 0 atom stereocenters. The Labute approximate surface area is 146 Å². The zero-order chi connectivity index (χ0) is 16.1. The number of carbonyl (C=O) groups is 1. The number of amides is 1. The summed E-state index contributed by atoms with van der Waals surface area (Å²) in [5.41, 5.74) is 2.01. The molecule has 1 amide bonds. The molecule has 2 aromatic rings. The van der Waals surface area contributed by atoms with Gasteiger partial charge in [0.2, 0.25) is 5.91 Å². The molecule has 0 aromatic carbocycles. The lowest BCUT2D eigenvalue weighted by Crippen LogP contribution is -2.26. The summed E-state index contributed by atoms with van der Waals surface area (Å²) in [6, 6.07) is 0. The molecular weight excluding hydrogens is 414 g/mol. The third kappa shape index (κ3) is 4.67. The van der Waals surface area contributed by atoms with Gasteiger partial charge in [-0.1, -0.05) is 0 Å². The molecule has 0 fully saturated rings. The van der Waals surface area contributed by atoms with Gasteiger partial charge in [-0.15, -0.1) is 0 Å². The Kier molecular flexibility index (Phi) is 6.19. The molecule has 0 bridgehead atoms. The number of hydrogen-bond donors (Lipinski definition) is 1. The number of aryl methyl sites for hydroxylation is 3. The summed E-state index contributed by atoms with van der Waals surface area (Å²) in [5.74, 6) is 0.0452. The number of carbonyl (C=O) groups excluding carboxylic acids is 1. The minimum Gasteiger partial charge on any atom is -0.356 e. The fourth-order valence-electron chi connectivity index (χ4n) is 2.02. The summed E-state index contributed by atoms with van der Waals surface area (Å²) in [4.78, 5) is 11.8. The topological polar surface area (TPSA) is 64.7 Å². The molecule has 0 aliphatic heterocycles. The van der Waals surface area contributed by atoms with Gasteiger partial charge in [-0.2, -0.15) is 10.2 Å². The maximum atomic E-state index is 11.8. The summed E-state index contributed by atoms with van der Waals surface area (Å²) < 4.78 is 5.69. The van der Waals surface area contributed by atoms with E-state index < -0.39 is 0 Å². The van der Waals surface area contributed by atoms with E-state index in [-0.39, 0.29) is 5.91 Å². The Balaban J connectivity index is 1.64. The van der Waals surface area contributed by atoms with Crippen LogP contribution < -0.4 is 5.32 Å². The Hall–Kier alpha value is -1.15. The quantitative estimate of drug-likeness (QED) is 0.684. The molecule has 0 aliphatic rings. The average molecular weight is 433 g/mol. The third-order valence-electron chi connectivity index (χ3n) is 3.37. The second-order valence-electron chi connectivity index (χ2n) is 5.08. The standard InChI is InChI=1S/C14H19Br2N5O/c1-10-13(16)9-20(19-10)6-3-5-17-14(22)4-7-21-11(2)12(15)8-18-21/h8-9H,3-7H2,1-2H3,(H,17,22). The molecule has 0 radical (unpaired) electrons. The molecular formula is C14H19Br2N5O. The van der Waals surface area contributed by atoms with Crippen molar-refractivity contribution in [2.24, 2.45) is 0 Å². The van der Waals surface area contributed by atoms with Crippen LogP contribution in [0.2, 0.25) is 0 Å². The fraction of sp³-hybridized carbons (Fsp3) is 0.500. The second-order valence-corrected chi connectivity index (χ2v) is 6.79. The number of hydrogen-bond acceptors (Lipinski definition) is 3. The Bertz CT molecular complexity index is 630. The molecule has 22 heavy (non-hydrogen) atoms. The Morgan fingerprint density at radius 2 is 2.05 bits per heavy atom. The smallest absolute Gasteiger partial charge is 0.221 e. The van der Waals surface area contributed by atoms with Gasteiger partial charge in [-0.05, 0) is 52.1 Å². The van der Waals surface area contributed by atoms with Crippen LogP contribution in [0.5, 0.6) is 0 Å². The predicted molar refractivity (Wildman–Crippen MR) is 91.6 cm³/mol. The highest BCUT2D eigenvalue weighted by Crippen LogP contribution is 2.14. The summed E-state index contributed by atoms with van der Waals surface area (Å²) in [7, 11) is 0. The summed E-state index contributed by atoms with van der Waals surface area (Å²) in [6.45, 7) is 5.96. The molecule has 0 unspecified atom stereocenters. The van der Waals surface area contributed by atoms with Crippen LogP contribution in [0.3, 0.4) is 0 Å². The third-order valence-corrected chi connectivity index (χ3v) is 4.92. The highest BCUT2D eigenvalue weighted by atomic mass is 79.9. The largest absolute Gasteiger partial charge is 0.356 e. The zero-order valence-electron chi connectivity index (χ0n) is 12.6. The highest BCUT2D eigenvalue weighted by molar-refractivity contribution is 9.10. The van der Waals surface area contributed by atoms with Crippen LogP contribution in [0.4, 0.5) is 0 Å². The molecule has 8 heteroatoms. The Morgan fingerprint density at radius 3 is 2.64 bits per heavy atom. The molecule has 6 nitrogen and oxygen atoms in total. The lowest BCUT2D eigenvalue weighted by atomic mass is 10.3. The number of halogens is 2. The molecule has 0 spiro atoms. The van der Waals surface area contributed by atoms with Gasteiger partial charge in [-0.25, -0.2) is 0 Å². The SMILES string of the molecule is Cc1nn(CCCNC(=O)CCn2ncc(Br)c2C)cc1Br. The van der Waals surface area contributed by atoms with Crippen molar-refractivity contribution in [1.82, 2.24) is 24.9 Å². The van der Waals surface area contributed by atoms with Crippen molar-refractivity contribution in [2.45, 2.75) is 39.8 Å². The van der Waals surface area contributed by atoms with Gasteiger partial charge >= 0.3 is 0 Å². The maximum Gasteiger partial charge on any atom is 0.221 e. The minimum absolute atomic E-state index is 0.0452. The molecule has 2 heterocycles. The van der Waals surface area contributed by atoms with E-state index in [0.29, 0.717) is 19.5 Å². The van der Waals surface area contributed by atoms with E-state index in [9.17, 15) is 4.79 Å². The van der Waals surface area contributed by atoms with Crippen molar-refractivity contribution in [3.63, 3.8) is 0 Å². The highest BCUT2D eigenvalue weighted by Gasteiger charge is 2.06. The van der Waals surface area contributed by atoms with Gasteiger partial charge in [0.15, 0.2) is 0 Å². The molecule has 1 N–H and O–H groups in total. The van der Waals surface area contributed by atoms with Crippen molar-refractivity contribution in [2.75, 3.05) is 6.54 Å². The van der Waals surface area contributed by atoms with E-state index in [0.717, 1.165) is 33.3 Å². The van der Waals surface area contributed by atoms with Crippen LogP contribution in [0.15, 0.2) is 21.3 Å². The molecule has 2 rings (SSSR count). The van der Waals surface area contributed by atoms with Crippen LogP contribution in [0.25, 0.3) is 0 Å². The van der Waals surface area contributed by atoms with Gasteiger partial charge in [0.05, 0.1) is 20.8 Å². The predicted octanol–water partition coefficient (Wildman–Crippen LogP) is 2.82. The first-order chi connectivity index (χ1) is 10.5. The zero-order valence-corrected chi connectivity index (χ0v) is 15.8. The van der Waals surface area contributed by atoms with Crippen molar-refractivity contribution < 1.29 is 4.79 Å². The van der Waals surface area contributed by atoms with E-state index in [1.165, 1.54) is 0 Å². The van der Waals surface area contributed by atoms with Gasteiger partial charge in [-0.3, -0.25) is 14.2 Å². The first kappa shape index (κ1) is 17.2. The first-order valence-electron chi connectivity index (χ1n) is 7.11. The van der Waals surface area contributed by atoms with Crippen LogP contribution in [-0.2, 0) is 17.9 Å². The molecule has 0 saturated carbocycles. The van der Waals surface area contributed by atoms with E-state index in [2.05, 4.69) is 47.4 Å². The summed E-state index contributed by atoms with van der Waals surface area (Å²) in [5, 5.41) is 11.5. The summed E-state index contributed by atoms with van der Waals surface area (Å²) in [6.07, 6.45) is 4.99. The van der Waals surface area contributed by atoms with Crippen molar-refractivity contribution in [1.29, 1.82) is 0 Å². The van der Waals surface area contributed by atoms with Crippen LogP contribution in [0.1, 0.15) is 24.2 Å². The number of rotatable bonds is 7. The Morgan fingerprint density at radius 1 is 1.27 bits per heavy atom. The number of aromatic nitrogens is 4.